The van der Waals surface area contributed by atoms with Crippen molar-refractivity contribution in [1.29, 1.82) is 0 Å². The highest BCUT2D eigenvalue weighted by Gasteiger charge is 2.48. The number of hydrogen-bond donors (Lipinski definition) is 1. The molecular weight excluding hydrogens is 180 g/mol. The number of rotatable bonds is 3. The smallest absolute Gasteiger partial charge is 0.0794 e. The van der Waals surface area contributed by atoms with E-state index >= 15 is 0 Å². The van der Waals surface area contributed by atoms with Gasteiger partial charge in [0.25, 0.3) is 0 Å². The van der Waals surface area contributed by atoms with Crippen molar-refractivity contribution in [2.24, 2.45) is 17.1 Å². The first-order chi connectivity index (χ1) is 6.09. The highest BCUT2D eigenvalue weighted by Crippen LogP contribution is 2.53. The van der Waals surface area contributed by atoms with E-state index in [1.165, 1.54) is 11.3 Å². The second-order valence-corrected chi connectivity index (χ2v) is 5.61. The van der Waals surface area contributed by atoms with Gasteiger partial charge in [-0.25, -0.2) is 0 Å². The van der Waals surface area contributed by atoms with Crippen LogP contribution in [0.15, 0.2) is 11.7 Å². The van der Waals surface area contributed by atoms with Crippen LogP contribution in [0.1, 0.15) is 25.1 Å². The van der Waals surface area contributed by atoms with Crippen molar-refractivity contribution in [2.75, 3.05) is 0 Å². The van der Waals surface area contributed by atoms with Crippen LogP contribution in [0.4, 0.5) is 0 Å². The van der Waals surface area contributed by atoms with Gasteiger partial charge in [0.15, 0.2) is 0 Å². The van der Waals surface area contributed by atoms with E-state index in [0.29, 0.717) is 11.5 Å². The van der Waals surface area contributed by atoms with Gasteiger partial charge in [0, 0.05) is 17.1 Å². The summed E-state index contributed by atoms with van der Waals surface area (Å²) in [5.74, 6) is 0.717. The first-order valence-electron chi connectivity index (χ1n) is 4.72. The maximum atomic E-state index is 6.12. The van der Waals surface area contributed by atoms with E-state index in [-0.39, 0.29) is 0 Å². The van der Waals surface area contributed by atoms with E-state index < -0.39 is 0 Å². The molecule has 2 N–H and O–H groups in total. The third kappa shape index (κ3) is 1.92. The summed E-state index contributed by atoms with van der Waals surface area (Å²) in [6.45, 7) is 4.59. The van der Waals surface area contributed by atoms with E-state index in [1.807, 2.05) is 11.7 Å². The van der Waals surface area contributed by atoms with Gasteiger partial charge < -0.3 is 5.73 Å². The fraction of sp³-hybridized carbons (Fsp3) is 0.700. The SMILES string of the molecule is CC1(C)CC1C(N)Cc1cncs1. The first-order valence-corrected chi connectivity index (χ1v) is 5.60. The second kappa shape index (κ2) is 3.07. The van der Waals surface area contributed by atoms with Gasteiger partial charge in [0.2, 0.25) is 0 Å². The molecule has 0 radical (unpaired) electrons. The zero-order valence-electron chi connectivity index (χ0n) is 8.16. The largest absolute Gasteiger partial charge is 0.327 e. The number of aromatic nitrogens is 1. The molecule has 2 atom stereocenters. The quantitative estimate of drug-likeness (QED) is 0.803. The maximum Gasteiger partial charge on any atom is 0.0794 e. The molecule has 72 valence electrons. The topological polar surface area (TPSA) is 38.9 Å². The molecule has 1 heterocycles. The van der Waals surface area contributed by atoms with Crippen LogP contribution in [0.5, 0.6) is 0 Å². The molecule has 1 aliphatic rings. The van der Waals surface area contributed by atoms with Crippen LogP contribution in [0, 0.1) is 11.3 Å². The van der Waals surface area contributed by atoms with Crippen molar-refractivity contribution in [3.8, 4) is 0 Å². The second-order valence-electron chi connectivity index (χ2n) is 4.63. The van der Waals surface area contributed by atoms with Crippen molar-refractivity contribution in [3.05, 3.63) is 16.6 Å². The Morgan fingerprint density at radius 1 is 1.77 bits per heavy atom. The molecular formula is C10H16N2S. The van der Waals surface area contributed by atoms with Crippen LogP contribution in [-0.4, -0.2) is 11.0 Å². The molecule has 2 unspecified atom stereocenters. The molecule has 1 aromatic heterocycles. The molecule has 1 saturated carbocycles. The summed E-state index contributed by atoms with van der Waals surface area (Å²) in [4.78, 5) is 5.37. The van der Waals surface area contributed by atoms with Crippen LogP contribution in [0.25, 0.3) is 0 Å². The van der Waals surface area contributed by atoms with E-state index in [2.05, 4.69) is 18.8 Å². The average Bonchev–Trinajstić information content (AvgIpc) is 2.49. The monoisotopic (exact) mass is 196 g/mol. The van der Waals surface area contributed by atoms with Gasteiger partial charge in [-0.3, -0.25) is 4.98 Å². The lowest BCUT2D eigenvalue weighted by Crippen LogP contribution is -2.26. The van der Waals surface area contributed by atoms with Gasteiger partial charge in [-0.05, 0) is 24.2 Å². The first kappa shape index (κ1) is 9.16. The minimum atomic E-state index is 0.329. The fourth-order valence-electron chi connectivity index (χ4n) is 1.96. The predicted octanol–water partition coefficient (Wildman–Crippen LogP) is 2.06. The highest BCUT2D eigenvalue weighted by molar-refractivity contribution is 7.09. The summed E-state index contributed by atoms with van der Waals surface area (Å²) in [6.07, 6.45) is 4.21. The number of nitrogens with zero attached hydrogens (tertiary/aromatic N) is 1. The predicted molar refractivity (Wildman–Crippen MR) is 55.7 cm³/mol. The molecule has 1 aromatic rings. The molecule has 0 aliphatic heterocycles. The fourth-order valence-corrected chi connectivity index (χ4v) is 2.62. The molecule has 0 amide bonds. The van der Waals surface area contributed by atoms with Crippen LogP contribution in [-0.2, 0) is 6.42 Å². The average molecular weight is 196 g/mol. The lowest BCUT2D eigenvalue weighted by atomic mass is 10.0. The standard InChI is InChI=1S/C10H16N2S/c1-10(2)4-8(10)9(11)3-7-5-12-6-13-7/h5-6,8-9H,3-4,11H2,1-2H3. The van der Waals surface area contributed by atoms with Gasteiger partial charge in [0.05, 0.1) is 5.51 Å². The Labute approximate surface area is 83.2 Å². The summed E-state index contributed by atoms with van der Waals surface area (Å²) in [7, 11) is 0. The Morgan fingerprint density at radius 3 is 2.92 bits per heavy atom. The maximum absolute atomic E-state index is 6.12. The molecule has 3 heteroatoms. The Hall–Kier alpha value is -0.410. The minimum Gasteiger partial charge on any atom is -0.327 e. The lowest BCUT2D eigenvalue weighted by Gasteiger charge is -2.11. The highest BCUT2D eigenvalue weighted by atomic mass is 32.1. The minimum absolute atomic E-state index is 0.329. The molecule has 1 fully saturated rings. The van der Waals surface area contributed by atoms with Gasteiger partial charge in [-0.15, -0.1) is 11.3 Å². The van der Waals surface area contributed by atoms with Gasteiger partial charge >= 0.3 is 0 Å². The molecule has 0 aromatic carbocycles. The van der Waals surface area contributed by atoms with Crippen molar-refractivity contribution in [1.82, 2.24) is 4.98 Å². The normalized spacial score (nSPS) is 27.2. The summed E-state index contributed by atoms with van der Waals surface area (Å²) in [5.41, 5.74) is 8.49. The molecule has 0 saturated heterocycles. The summed E-state index contributed by atoms with van der Waals surface area (Å²) < 4.78 is 0. The van der Waals surface area contributed by atoms with Crippen molar-refractivity contribution < 1.29 is 0 Å². The molecule has 2 rings (SSSR count). The van der Waals surface area contributed by atoms with Crippen LogP contribution >= 0.6 is 11.3 Å². The van der Waals surface area contributed by atoms with Gasteiger partial charge in [0.1, 0.15) is 0 Å². The van der Waals surface area contributed by atoms with Crippen molar-refractivity contribution in [3.63, 3.8) is 0 Å². The Morgan fingerprint density at radius 2 is 2.46 bits per heavy atom. The van der Waals surface area contributed by atoms with Gasteiger partial charge in [-0.2, -0.15) is 0 Å². The van der Waals surface area contributed by atoms with E-state index in [1.54, 1.807) is 11.3 Å². The number of thiazole rings is 1. The van der Waals surface area contributed by atoms with Gasteiger partial charge in [-0.1, -0.05) is 13.8 Å². The van der Waals surface area contributed by atoms with E-state index in [4.69, 9.17) is 5.73 Å². The zero-order valence-corrected chi connectivity index (χ0v) is 8.97. The molecule has 13 heavy (non-hydrogen) atoms. The Bertz CT molecular complexity index is 279. The van der Waals surface area contributed by atoms with Crippen molar-refractivity contribution in [2.45, 2.75) is 32.7 Å². The Balaban J connectivity index is 1.90. The molecule has 0 bridgehead atoms. The third-order valence-corrected chi connectivity index (χ3v) is 3.83. The van der Waals surface area contributed by atoms with E-state index in [9.17, 15) is 0 Å². The van der Waals surface area contributed by atoms with Crippen LogP contribution in [0.2, 0.25) is 0 Å². The summed E-state index contributed by atoms with van der Waals surface area (Å²) >= 11 is 1.71. The van der Waals surface area contributed by atoms with E-state index in [0.717, 1.165) is 12.3 Å². The van der Waals surface area contributed by atoms with Crippen molar-refractivity contribution >= 4 is 11.3 Å². The molecule has 2 nitrogen and oxygen atoms in total. The third-order valence-electron chi connectivity index (χ3n) is 3.03. The van der Waals surface area contributed by atoms with Crippen LogP contribution in [0.3, 0.4) is 0 Å². The lowest BCUT2D eigenvalue weighted by molar-refractivity contribution is 0.478. The van der Waals surface area contributed by atoms with Crippen LogP contribution < -0.4 is 5.73 Å². The number of nitrogens with two attached hydrogens (primary N) is 1. The summed E-state index contributed by atoms with van der Waals surface area (Å²) in [6, 6.07) is 0.329. The molecule has 1 aliphatic carbocycles. The number of hydrogen-bond acceptors (Lipinski definition) is 3. The Kier molecular flexibility index (Phi) is 2.16. The summed E-state index contributed by atoms with van der Waals surface area (Å²) in [5, 5.41) is 0. The molecule has 0 spiro atoms. The zero-order chi connectivity index (χ0) is 9.47.